The molecule has 0 bridgehead atoms. The van der Waals surface area contributed by atoms with E-state index in [2.05, 4.69) is 48.5 Å². The summed E-state index contributed by atoms with van der Waals surface area (Å²) in [4.78, 5) is 0. The number of hydrogen-bond donors (Lipinski definition) is 0. The summed E-state index contributed by atoms with van der Waals surface area (Å²) in [6.45, 7) is 17.2. The molecule has 0 amide bonds. The highest BCUT2D eigenvalue weighted by molar-refractivity contribution is 4.92. The first-order valence-corrected chi connectivity index (χ1v) is 9.80. The van der Waals surface area contributed by atoms with Gasteiger partial charge in [0.1, 0.15) is 0 Å². The summed E-state index contributed by atoms with van der Waals surface area (Å²) in [7, 11) is 0. The van der Waals surface area contributed by atoms with E-state index < -0.39 is 0 Å². The third-order valence-corrected chi connectivity index (χ3v) is 6.71. The van der Waals surface area contributed by atoms with E-state index in [4.69, 9.17) is 0 Å². The van der Waals surface area contributed by atoms with E-state index >= 15 is 0 Å². The molecular formula is C21H42. The molecule has 1 rings (SSSR count). The lowest BCUT2D eigenvalue weighted by molar-refractivity contribution is 0.0250. The van der Waals surface area contributed by atoms with Gasteiger partial charge in [0.15, 0.2) is 0 Å². The van der Waals surface area contributed by atoms with E-state index in [-0.39, 0.29) is 0 Å². The molecule has 0 aromatic carbocycles. The molecule has 0 aromatic rings. The molecular weight excluding hydrogens is 252 g/mol. The van der Waals surface area contributed by atoms with Crippen LogP contribution < -0.4 is 0 Å². The van der Waals surface area contributed by atoms with Gasteiger partial charge in [-0.15, -0.1) is 0 Å². The molecule has 0 heteroatoms. The zero-order valence-corrected chi connectivity index (χ0v) is 16.1. The maximum atomic E-state index is 2.55. The molecule has 0 nitrogen and oxygen atoms in total. The summed E-state index contributed by atoms with van der Waals surface area (Å²) in [6.07, 6.45) is 12.9. The summed E-state index contributed by atoms with van der Waals surface area (Å²) >= 11 is 0. The van der Waals surface area contributed by atoms with Crippen molar-refractivity contribution in [2.45, 2.75) is 106 Å². The molecule has 21 heavy (non-hydrogen) atoms. The van der Waals surface area contributed by atoms with Crippen LogP contribution in [0.15, 0.2) is 0 Å². The second kappa shape index (κ2) is 8.02. The molecule has 126 valence electrons. The van der Waals surface area contributed by atoms with Gasteiger partial charge >= 0.3 is 0 Å². The van der Waals surface area contributed by atoms with E-state index in [0.29, 0.717) is 10.8 Å². The third kappa shape index (κ3) is 5.00. The van der Waals surface area contributed by atoms with Gasteiger partial charge in [0.2, 0.25) is 0 Å². The average molecular weight is 295 g/mol. The molecule has 0 aliphatic heterocycles. The summed E-state index contributed by atoms with van der Waals surface area (Å²) in [6, 6.07) is 0. The third-order valence-electron chi connectivity index (χ3n) is 6.71. The Labute approximate surface area is 135 Å². The molecule has 1 fully saturated rings. The molecule has 3 unspecified atom stereocenters. The monoisotopic (exact) mass is 294 g/mol. The van der Waals surface area contributed by atoms with Gasteiger partial charge in [0, 0.05) is 0 Å². The van der Waals surface area contributed by atoms with Crippen molar-refractivity contribution in [3.8, 4) is 0 Å². The fourth-order valence-electron chi connectivity index (χ4n) is 5.23. The van der Waals surface area contributed by atoms with Crippen LogP contribution in [-0.4, -0.2) is 0 Å². The minimum Gasteiger partial charge on any atom is -0.0654 e. The lowest BCUT2D eigenvalue weighted by Crippen LogP contribution is -2.38. The van der Waals surface area contributed by atoms with Crippen LogP contribution in [0.4, 0.5) is 0 Å². The Kier molecular flexibility index (Phi) is 7.28. The van der Waals surface area contributed by atoms with Gasteiger partial charge in [-0.05, 0) is 54.3 Å². The Morgan fingerprint density at radius 3 is 2.19 bits per heavy atom. The average Bonchev–Trinajstić information content (AvgIpc) is 2.42. The van der Waals surface area contributed by atoms with Gasteiger partial charge in [0.05, 0.1) is 0 Å². The van der Waals surface area contributed by atoms with Crippen molar-refractivity contribution < 1.29 is 0 Å². The van der Waals surface area contributed by atoms with Crippen molar-refractivity contribution in [2.75, 3.05) is 0 Å². The van der Waals surface area contributed by atoms with Crippen LogP contribution in [0.3, 0.4) is 0 Å². The van der Waals surface area contributed by atoms with Crippen molar-refractivity contribution in [2.24, 2.45) is 28.6 Å². The Hall–Kier alpha value is 0. The minimum absolute atomic E-state index is 0.520. The lowest BCUT2D eigenvalue weighted by Gasteiger charge is -2.48. The highest BCUT2D eigenvalue weighted by Gasteiger charge is 2.41. The van der Waals surface area contributed by atoms with Crippen LogP contribution >= 0.6 is 0 Å². The largest absolute Gasteiger partial charge is 0.0654 e. The second-order valence-electron chi connectivity index (χ2n) is 9.03. The maximum absolute atomic E-state index is 2.55. The SMILES string of the molecule is CCCCC1CCC(CC)(C(C)C)CC(C)(C)CC1CC. The number of unbranched alkanes of at least 4 members (excludes halogenated alkanes) is 1. The van der Waals surface area contributed by atoms with Crippen LogP contribution in [0.1, 0.15) is 106 Å². The molecule has 0 N–H and O–H groups in total. The standard InChI is InChI=1S/C21H42/c1-8-11-12-19-13-14-21(10-3,17(4)5)16-20(6,7)15-18(19)9-2/h17-19H,8-16H2,1-7H3. The van der Waals surface area contributed by atoms with Crippen molar-refractivity contribution >= 4 is 0 Å². The summed E-state index contributed by atoms with van der Waals surface area (Å²) in [5.41, 5.74) is 1.11. The van der Waals surface area contributed by atoms with Crippen molar-refractivity contribution in [1.29, 1.82) is 0 Å². The summed E-state index contributed by atoms with van der Waals surface area (Å²) < 4.78 is 0. The second-order valence-corrected chi connectivity index (χ2v) is 9.03. The van der Waals surface area contributed by atoms with E-state index in [1.165, 1.54) is 57.8 Å². The van der Waals surface area contributed by atoms with Crippen LogP contribution in [0.5, 0.6) is 0 Å². The number of rotatable bonds is 6. The van der Waals surface area contributed by atoms with Crippen LogP contribution in [0.2, 0.25) is 0 Å². The van der Waals surface area contributed by atoms with Crippen molar-refractivity contribution in [3.05, 3.63) is 0 Å². The van der Waals surface area contributed by atoms with Gasteiger partial charge in [-0.1, -0.05) is 80.6 Å². The smallest absolute Gasteiger partial charge is 0.0272 e. The Morgan fingerprint density at radius 2 is 1.71 bits per heavy atom. The van der Waals surface area contributed by atoms with Crippen LogP contribution in [0, 0.1) is 28.6 Å². The molecule has 1 aliphatic carbocycles. The van der Waals surface area contributed by atoms with E-state index in [0.717, 1.165) is 17.8 Å². The molecule has 3 atom stereocenters. The lowest BCUT2D eigenvalue weighted by atomic mass is 9.57. The Morgan fingerprint density at radius 1 is 1.05 bits per heavy atom. The first kappa shape index (κ1) is 19.0. The normalized spacial score (nSPS) is 33.7. The first-order valence-electron chi connectivity index (χ1n) is 9.80. The van der Waals surface area contributed by atoms with Gasteiger partial charge in [-0.3, -0.25) is 0 Å². The van der Waals surface area contributed by atoms with Gasteiger partial charge in [0.25, 0.3) is 0 Å². The van der Waals surface area contributed by atoms with E-state index in [9.17, 15) is 0 Å². The predicted molar refractivity (Wildman–Crippen MR) is 96.6 cm³/mol. The van der Waals surface area contributed by atoms with Gasteiger partial charge in [-0.25, -0.2) is 0 Å². The van der Waals surface area contributed by atoms with Gasteiger partial charge in [-0.2, -0.15) is 0 Å². The molecule has 0 heterocycles. The van der Waals surface area contributed by atoms with Crippen LogP contribution in [-0.2, 0) is 0 Å². The topological polar surface area (TPSA) is 0 Å². The van der Waals surface area contributed by atoms with Crippen LogP contribution in [0.25, 0.3) is 0 Å². The van der Waals surface area contributed by atoms with E-state index in [1.54, 1.807) is 0 Å². The quantitative estimate of drug-likeness (QED) is 0.476. The summed E-state index contributed by atoms with van der Waals surface area (Å²) in [5.74, 6) is 2.78. The van der Waals surface area contributed by atoms with E-state index in [1.807, 2.05) is 0 Å². The Bertz CT molecular complexity index is 288. The minimum atomic E-state index is 0.520. The fraction of sp³-hybridized carbons (Fsp3) is 1.00. The maximum Gasteiger partial charge on any atom is -0.0272 e. The molecule has 0 spiro atoms. The van der Waals surface area contributed by atoms with Crippen molar-refractivity contribution in [1.82, 2.24) is 0 Å². The predicted octanol–water partition coefficient (Wildman–Crippen LogP) is 7.47. The molecule has 0 radical (unpaired) electrons. The molecule has 1 saturated carbocycles. The highest BCUT2D eigenvalue weighted by atomic mass is 14.5. The zero-order valence-electron chi connectivity index (χ0n) is 16.1. The summed E-state index contributed by atoms with van der Waals surface area (Å²) in [5, 5.41) is 0. The Balaban J connectivity index is 2.97. The number of hydrogen-bond acceptors (Lipinski definition) is 0. The van der Waals surface area contributed by atoms with Crippen molar-refractivity contribution in [3.63, 3.8) is 0 Å². The zero-order chi connectivity index (χ0) is 16.1. The molecule has 0 aromatic heterocycles. The van der Waals surface area contributed by atoms with Gasteiger partial charge < -0.3 is 0 Å². The first-order chi connectivity index (χ1) is 9.80. The molecule has 0 saturated heterocycles. The molecule has 1 aliphatic rings. The fourth-order valence-corrected chi connectivity index (χ4v) is 5.23. The highest BCUT2D eigenvalue weighted by Crippen LogP contribution is 2.52.